The first-order valence-electron chi connectivity index (χ1n) is 7.65. The van der Waals surface area contributed by atoms with E-state index in [1.165, 1.54) is 6.20 Å². The van der Waals surface area contributed by atoms with Crippen molar-refractivity contribution in [3.8, 4) is 10.6 Å². The molecule has 3 heterocycles. The zero-order chi connectivity index (χ0) is 17.1. The Morgan fingerprint density at radius 3 is 2.84 bits per heavy atom. The topological polar surface area (TPSA) is 68.5 Å². The molecule has 4 rings (SSSR count). The average Bonchev–Trinajstić information content (AvgIpc) is 3.32. The maximum atomic E-state index is 12.4. The molecule has 0 spiro atoms. The first-order chi connectivity index (χ1) is 12.3. The van der Waals surface area contributed by atoms with Crippen molar-refractivity contribution in [3.05, 3.63) is 77.4 Å². The molecule has 0 aliphatic heterocycles. The van der Waals surface area contributed by atoms with E-state index in [0.717, 1.165) is 16.1 Å². The van der Waals surface area contributed by atoms with Crippen LogP contribution in [0.2, 0.25) is 0 Å². The lowest BCUT2D eigenvalue weighted by atomic mass is 10.2. The summed E-state index contributed by atoms with van der Waals surface area (Å²) in [7, 11) is 0. The predicted molar refractivity (Wildman–Crippen MR) is 95.0 cm³/mol. The Labute approximate surface area is 147 Å². The fourth-order valence-electron chi connectivity index (χ4n) is 2.48. The first kappa shape index (κ1) is 15.5. The van der Waals surface area contributed by atoms with Crippen LogP contribution in [0.25, 0.3) is 16.2 Å². The summed E-state index contributed by atoms with van der Waals surface area (Å²) in [6.07, 6.45) is 3.17. The van der Waals surface area contributed by atoms with E-state index in [1.54, 1.807) is 22.0 Å². The molecule has 0 aliphatic rings. The van der Waals surface area contributed by atoms with Crippen LogP contribution in [0.15, 0.2) is 66.3 Å². The quantitative estimate of drug-likeness (QED) is 0.561. The van der Waals surface area contributed by atoms with E-state index in [4.69, 9.17) is 4.84 Å². The number of carbonyl (C=O) groups excluding carboxylic acids is 1. The lowest BCUT2D eigenvalue weighted by Gasteiger charge is -2.05. The molecule has 1 amide bonds. The summed E-state index contributed by atoms with van der Waals surface area (Å²) < 4.78 is 1.66. The number of hydroxylamine groups is 1. The first-order valence-corrected chi connectivity index (χ1v) is 8.53. The van der Waals surface area contributed by atoms with Gasteiger partial charge in [0.15, 0.2) is 5.65 Å². The summed E-state index contributed by atoms with van der Waals surface area (Å²) in [5, 5.41) is 6.30. The molecular formula is C18H14N4O2S. The fraction of sp³-hybridized carbons (Fsp3) is 0.0556. The van der Waals surface area contributed by atoms with E-state index in [-0.39, 0.29) is 5.91 Å². The minimum absolute atomic E-state index is 0.291. The molecule has 6 nitrogen and oxygen atoms in total. The van der Waals surface area contributed by atoms with Gasteiger partial charge in [0.05, 0.1) is 23.4 Å². The molecule has 0 radical (unpaired) electrons. The molecule has 0 fully saturated rings. The minimum atomic E-state index is -0.373. The number of amides is 1. The van der Waals surface area contributed by atoms with Crippen LogP contribution >= 0.6 is 11.3 Å². The zero-order valence-corrected chi connectivity index (χ0v) is 13.9. The summed E-state index contributed by atoms with van der Waals surface area (Å²) in [5.74, 6) is -0.373. The number of nitrogens with one attached hydrogen (secondary N) is 1. The van der Waals surface area contributed by atoms with Crippen LogP contribution in [-0.2, 0) is 11.4 Å². The van der Waals surface area contributed by atoms with Crippen molar-refractivity contribution in [2.24, 2.45) is 0 Å². The number of thiophene rings is 1. The van der Waals surface area contributed by atoms with Gasteiger partial charge in [0.1, 0.15) is 5.56 Å². The normalized spacial score (nSPS) is 10.9. The van der Waals surface area contributed by atoms with E-state index in [0.29, 0.717) is 17.8 Å². The van der Waals surface area contributed by atoms with Crippen LogP contribution in [-0.4, -0.2) is 20.5 Å². The van der Waals surface area contributed by atoms with Crippen LogP contribution in [0, 0.1) is 0 Å². The molecule has 0 atom stereocenters. The smallest absolute Gasteiger partial charge is 0.269 e. The van der Waals surface area contributed by atoms with Gasteiger partial charge in [0.25, 0.3) is 5.91 Å². The summed E-state index contributed by atoms with van der Waals surface area (Å²) in [6, 6.07) is 15.5. The summed E-state index contributed by atoms with van der Waals surface area (Å²) in [6.45, 7) is 0.291. The Kier molecular flexibility index (Phi) is 4.24. The van der Waals surface area contributed by atoms with E-state index < -0.39 is 0 Å². The number of fused-ring (bicyclic) bond motifs is 1. The van der Waals surface area contributed by atoms with Crippen molar-refractivity contribution in [1.29, 1.82) is 0 Å². The lowest BCUT2D eigenvalue weighted by molar-refractivity contribution is 0.0235. The Bertz CT molecular complexity index is 997. The van der Waals surface area contributed by atoms with E-state index in [9.17, 15) is 4.79 Å². The summed E-state index contributed by atoms with van der Waals surface area (Å²) >= 11 is 1.61. The highest BCUT2D eigenvalue weighted by Gasteiger charge is 2.16. The van der Waals surface area contributed by atoms with Crippen LogP contribution in [0.4, 0.5) is 0 Å². The van der Waals surface area contributed by atoms with Gasteiger partial charge in [-0.3, -0.25) is 9.63 Å². The molecule has 0 bridgehead atoms. The maximum Gasteiger partial charge on any atom is 0.280 e. The number of hydrogen-bond acceptors (Lipinski definition) is 5. The standard InChI is InChI=1S/C18H14N4O2S/c23-18(21-24-12-13-5-2-1-3-6-13)14-11-20-22-15(8-9-19-17(14)22)16-7-4-10-25-16/h1-11H,12H2,(H,21,23). The largest absolute Gasteiger partial charge is 0.280 e. The number of benzene rings is 1. The van der Waals surface area contributed by atoms with Gasteiger partial charge < -0.3 is 0 Å². The maximum absolute atomic E-state index is 12.4. The van der Waals surface area contributed by atoms with Crippen LogP contribution in [0.1, 0.15) is 15.9 Å². The Balaban J connectivity index is 1.53. The third-order valence-corrected chi connectivity index (χ3v) is 4.56. The number of rotatable bonds is 5. The molecule has 1 N–H and O–H groups in total. The molecule has 0 saturated heterocycles. The molecule has 0 unspecified atom stereocenters. The zero-order valence-electron chi connectivity index (χ0n) is 13.1. The van der Waals surface area contributed by atoms with Crippen LogP contribution < -0.4 is 5.48 Å². The van der Waals surface area contributed by atoms with Gasteiger partial charge >= 0.3 is 0 Å². The highest BCUT2D eigenvalue weighted by atomic mass is 32.1. The number of nitrogens with zero attached hydrogens (tertiary/aromatic N) is 3. The Hall–Kier alpha value is -3.03. The van der Waals surface area contributed by atoms with Crippen molar-refractivity contribution in [2.75, 3.05) is 0 Å². The predicted octanol–water partition coefficient (Wildman–Crippen LogP) is 3.32. The summed E-state index contributed by atoms with van der Waals surface area (Å²) in [4.78, 5) is 23.0. The van der Waals surface area contributed by atoms with Crippen LogP contribution in [0.5, 0.6) is 0 Å². The van der Waals surface area contributed by atoms with Gasteiger partial charge in [-0.25, -0.2) is 15.0 Å². The molecule has 0 saturated carbocycles. The van der Waals surface area contributed by atoms with E-state index in [2.05, 4.69) is 15.6 Å². The van der Waals surface area contributed by atoms with Crippen LogP contribution in [0.3, 0.4) is 0 Å². The van der Waals surface area contributed by atoms with Crippen molar-refractivity contribution in [2.45, 2.75) is 6.61 Å². The molecule has 124 valence electrons. The fourth-order valence-corrected chi connectivity index (χ4v) is 3.21. The third-order valence-electron chi connectivity index (χ3n) is 3.67. The molecule has 0 aliphatic carbocycles. The minimum Gasteiger partial charge on any atom is -0.269 e. The van der Waals surface area contributed by atoms with Gasteiger partial charge in [0.2, 0.25) is 0 Å². The van der Waals surface area contributed by atoms with Gasteiger partial charge in [-0.2, -0.15) is 5.10 Å². The lowest BCUT2D eigenvalue weighted by Crippen LogP contribution is -2.23. The van der Waals surface area contributed by atoms with Crippen molar-refractivity contribution < 1.29 is 9.63 Å². The number of carbonyl (C=O) groups is 1. The second-order valence-corrected chi connectivity index (χ2v) is 6.25. The Morgan fingerprint density at radius 2 is 2.04 bits per heavy atom. The molecular weight excluding hydrogens is 336 g/mol. The third kappa shape index (κ3) is 3.15. The van der Waals surface area contributed by atoms with Crippen molar-refractivity contribution in [3.63, 3.8) is 0 Å². The van der Waals surface area contributed by atoms with Crippen molar-refractivity contribution in [1.82, 2.24) is 20.1 Å². The second kappa shape index (κ2) is 6.84. The highest BCUT2D eigenvalue weighted by molar-refractivity contribution is 7.13. The van der Waals surface area contributed by atoms with E-state index in [1.807, 2.05) is 53.9 Å². The van der Waals surface area contributed by atoms with Gasteiger partial charge in [-0.05, 0) is 23.1 Å². The summed E-state index contributed by atoms with van der Waals surface area (Å²) in [5.41, 5.74) is 5.18. The molecule has 7 heteroatoms. The van der Waals surface area contributed by atoms with Gasteiger partial charge in [-0.1, -0.05) is 36.4 Å². The molecule has 3 aromatic heterocycles. The molecule has 25 heavy (non-hydrogen) atoms. The van der Waals surface area contributed by atoms with Gasteiger partial charge in [-0.15, -0.1) is 11.3 Å². The molecule has 4 aromatic rings. The second-order valence-electron chi connectivity index (χ2n) is 5.31. The number of hydrogen-bond donors (Lipinski definition) is 1. The highest BCUT2D eigenvalue weighted by Crippen LogP contribution is 2.25. The SMILES string of the molecule is O=C(NOCc1ccccc1)c1cnn2c(-c3cccs3)ccnc12. The van der Waals surface area contributed by atoms with Gasteiger partial charge in [0, 0.05) is 6.20 Å². The van der Waals surface area contributed by atoms with E-state index >= 15 is 0 Å². The molecule has 1 aromatic carbocycles. The Morgan fingerprint density at radius 1 is 1.16 bits per heavy atom. The van der Waals surface area contributed by atoms with Crippen molar-refractivity contribution >= 4 is 22.9 Å². The average molecular weight is 350 g/mol. The number of aromatic nitrogens is 3. The monoisotopic (exact) mass is 350 g/mol.